The van der Waals surface area contributed by atoms with Gasteiger partial charge >= 0.3 is 0 Å². The minimum Gasteiger partial charge on any atom is -0.350 e. The smallest absolute Gasteiger partial charge is 0.162 e. The fourth-order valence-electron chi connectivity index (χ4n) is 0.941. The molecule has 0 aromatic carbocycles. The number of rotatable bonds is 1. The monoisotopic (exact) mass is 157 g/mol. The molecule has 0 aromatic heterocycles. The van der Waals surface area contributed by atoms with Crippen molar-refractivity contribution in [1.82, 2.24) is 0 Å². The molecule has 1 aliphatic heterocycles. The van der Waals surface area contributed by atoms with Gasteiger partial charge in [-0.25, -0.2) is 0 Å². The van der Waals surface area contributed by atoms with Gasteiger partial charge in [0.2, 0.25) is 0 Å². The van der Waals surface area contributed by atoms with Gasteiger partial charge in [-0.3, -0.25) is 0 Å². The van der Waals surface area contributed by atoms with Gasteiger partial charge in [0.05, 0.1) is 13.2 Å². The van der Waals surface area contributed by atoms with E-state index >= 15 is 0 Å². The first-order valence-corrected chi connectivity index (χ1v) is 4.11. The first-order chi connectivity index (χ1) is 4.97. The molecule has 0 saturated carbocycles. The van der Waals surface area contributed by atoms with E-state index in [0.29, 0.717) is 13.2 Å². The second-order valence-electron chi connectivity index (χ2n) is 3.83. The van der Waals surface area contributed by atoms with Crippen LogP contribution in [0.15, 0.2) is 0 Å². The Labute approximate surface area is 68.9 Å². The molecule has 0 amide bonds. The molecule has 0 N–H and O–H groups in total. The zero-order chi connectivity index (χ0) is 8.54. The molecule has 1 radical (unpaired) electrons. The van der Waals surface area contributed by atoms with Gasteiger partial charge < -0.3 is 9.47 Å². The van der Waals surface area contributed by atoms with Crippen molar-refractivity contribution in [2.45, 2.75) is 33.0 Å². The molecule has 0 aliphatic carbocycles. The van der Waals surface area contributed by atoms with Gasteiger partial charge in [0.25, 0.3) is 0 Å². The minimum atomic E-state index is -0.406. The average molecular weight is 157 g/mol. The molecular formula is C9H17O2. The van der Waals surface area contributed by atoms with Gasteiger partial charge in [0.1, 0.15) is 0 Å². The second-order valence-corrected chi connectivity index (χ2v) is 3.83. The lowest BCUT2D eigenvalue weighted by molar-refractivity contribution is -0.277. The average Bonchev–Trinajstić information content (AvgIpc) is 1.97. The number of hydrogen-bond donors (Lipinski definition) is 0. The van der Waals surface area contributed by atoms with Crippen molar-refractivity contribution in [3.63, 3.8) is 0 Å². The summed E-state index contributed by atoms with van der Waals surface area (Å²) in [5.74, 6) is -0.406. The third-order valence-corrected chi connectivity index (χ3v) is 2.20. The highest BCUT2D eigenvalue weighted by Gasteiger charge is 2.35. The van der Waals surface area contributed by atoms with Gasteiger partial charge in [0.15, 0.2) is 5.79 Å². The van der Waals surface area contributed by atoms with Crippen molar-refractivity contribution in [2.24, 2.45) is 5.41 Å². The summed E-state index contributed by atoms with van der Waals surface area (Å²) in [7, 11) is 0. The standard InChI is InChI=1S/C9H17O2/c1-5-9(4)6-10-8(2,3)11-7-9/h4-7H2,1-3H3. The number of ether oxygens (including phenoxy) is 2. The lowest BCUT2D eigenvalue weighted by Crippen LogP contribution is -2.44. The normalized spacial score (nSPS) is 28.4. The predicted octanol–water partition coefficient (Wildman–Crippen LogP) is 2.00. The Balaban J connectivity index is 2.48. The first-order valence-electron chi connectivity index (χ1n) is 4.11. The molecule has 1 saturated heterocycles. The van der Waals surface area contributed by atoms with Crippen molar-refractivity contribution in [1.29, 1.82) is 0 Å². The Bertz CT molecular complexity index is 130. The molecule has 0 atom stereocenters. The van der Waals surface area contributed by atoms with Gasteiger partial charge in [-0.15, -0.1) is 0 Å². The van der Waals surface area contributed by atoms with Crippen LogP contribution in [0.25, 0.3) is 0 Å². The van der Waals surface area contributed by atoms with E-state index in [0.717, 1.165) is 6.42 Å². The van der Waals surface area contributed by atoms with Crippen LogP contribution in [0, 0.1) is 12.3 Å². The van der Waals surface area contributed by atoms with E-state index in [2.05, 4.69) is 13.8 Å². The third kappa shape index (κ3) is 2.17. The molecule has 2 nitrogen and oxygen atoms in total. The molecule has 1 aliphatic rings. The summed E-state index contributed by atoms with van der Waals surface area (Å²) in [5.41, 5.74) is -0.0183. The molecule has 1 rings (SSSR count). The van der Waals surface area contributed by atoms with Crippen LogP contribution in [0.2, 0.25) is 0 Å². The topological polar surface area (TPSA) is 18.5 Å². The lowest BCUT2D eigenvalue weighted by atomic mass is 9.89. The summed E-state index contributed by atoms with van der Waals surface area (Å²) in [6.45, 7) is 11.4. The highest BCUT2D eigenvalue weighted by molar-refractivity contribution is 4.84. The Kier molecular flexibility index (Phi) is 2.26. The second kappa shape index (κ2) is 2.76. The van der Waals surface area contributed by atoms with Crippen LogP contribution in [0.5, 0.6) is 0 Å². The summed E-state index contributed by atoms with van der Waals surface area (Å²) in [6.07, 6.45) is 1.00. The molecule has 0 unspecified atom stereocenters. The van der Waals surface area contributed by atoms with Crippen molar-refractivity contribution in [2.75, 3.05) is 13.2 Å². The summed E-state index contributed by atoms with van der Waals surface area (Å²) < 4.78 is 11.0. The van der Waals surface area contributed by atoms with Crippen molar-refractivity contribution in [3.8, 4) is 0 Å². The van der Waals surface area contributed by atoms with Crippen LogP contribution in [0.3, 0.4) is 0 Å². The van der Waals surface area contributed by atoms with E-state index in [4.69, 9.17) is 9.47 Å². The minimum absolute atomic E-state index is 0.0183. The van der Waals surface area contributed by atoms with Gasteiger partial charge in [-0.05, 0) is 27.2 Å². The fourth-order valence-corrected chi connectivity index (χ4v) is 0.941. The summed E-state index contributed by atoms with van der Waals surface area (Å²) in [5, 5.41) is 0. The largest absolute Gasteiger partial charge is 0.350 e. The van der Waals surface area contributed by atoms with E-state index < -0.39 is 5.79 Å². The van der Waals surface area contributed by atoms with Crippen molar-refractivity contribution in [3.05, 3.63) is 6.92 Å². The van der Waals surface area contributed by atoms with Crippen molar-refractivity contribution < 1.29 is 9.47 Å². The van der Waals surface area contributed by atoms with E-state index in [-0.39, 0.29) is 5.41 Å². The fraction of sp³-hybridized carbons (Fsp3) is 0.889. The maximum atomic E-state index is 5.49. The molecule has 1 fully saturated rings. The van der Waals surface area contributed by atoms with Crippen LogP contribution in [-0.2, 0) is 9.47 Å². The number of hydrogen-bond acceptors (Lipinski definition) is 2. The van der Waals surface area contributed by atoms with Gasteiger partial charge in [-0.1, -0.05) is 6.92 Å². The molecule has 11 heavy (non-hydrogen) atoms. The molecule has 65 valence electrons. The van der Waals surface area contributed by atoms with E-state index in [1.54, 1.807) is 0 Å². The van der Waals surface area contributed by atoms with Crippen LogP contribution in [-0.4, -0.2) is 19.0 Å². The van der Waals surface area contributed by atoms with Crippen LogP contribution >= 0.6 is 0 Å². The molecular weight excluding hydrogens is 140 g/mol. The summed E-state index contributed by atoms with van der Waals surface area (Å²) in [6, 6.07) is 0. The van der Waals surface area contributed by atoms with E-state index in [1.807, 2.05) is 13.8 Å². The quantitative estimate of drug-likeness (QED) is 0.579. The van der Waals surface area contributed by atoms with E-state index in [9.17, 15) is 0 Å². The van der Waals surface area contributed by atoms with Crippen LogP contribution < -0.4 is 0 Å². The molecule has 0 bridgehead atoms. The summed E-state index contributed by atoms with van der Waals surface area (Å²) in [4.78, 5) is 0. The SMILES string of the molecule is [CH2]C1(CC)COC(C)(C)OC1. The molecule has 1 heterocycles. The lowest BCUT2D eigenvalue weighted by Gasteiger charge is -2.40. The maximum Gasteiger partial charge on any atom is 0.162 e. The Morgan fingerprint density at radius 3 is 2.09 bits per heavy atom. The molecule has 0 aromatic rings. The Hall–Kier alpha value is -0.0800. The highest BCUT2D eigenvalue weighted by Crippen LogP contribution is 2.31. The highest BCUT2D eigenvalue weighted by atomic mass is 16.7. The van der Waals surface area contributed by atoms with Gasteiger partial charge in [0, 0.05) is 5.41 Å². The Morgan fingerprint density at radius 1 is 1.27 bits per heavy atom. The zero-order valence-corrected chi connectivity index (χ0v) is 7.64. The summed E-state index contributed by atoms with van der Waals surface area (Å²) >= 11 is 0. The third-order valence-electron chi connectivity index (χ3n) is 2.20. The molecule has 0 spiro atoms. The van der Waals surface area contributed by atoms with Crippen LogP contribution in [0.4, 0.5) is 0 Å². The first kappa shape index (κ1) is 9.01. The molecule has 2 heteroatoms. The Morgan fingerprint density at radius 2 is 1.73 bits per heavy atom. The maximum absolute atomic E-state index is 5.49. The zero-order valence-electron chi connectivity index (χ0n) is 7.64. The van der Waals surface area contributed by atoms with Gasteiger partial charge in [-0.2, -0.15) is 0 Å². The van der Waals surface area contributed by atoms with Crippen LogP contribution in [0.1, 0.15) is 27.2 Å². The predicted molar refractivity (Wildman–Crippen MR) is 44.1 cm³/mol. The van der Waals surface area contributed by atoms with Crippen molar-refractivity contribution >= 4 is 0 Å². The van der Waals surface area contributed by atoms with E-state index in [1.165, 1.54) is 0 Å².